The Balaban J connectivity index is 1.53. The first kappa shape index (κ1) is 22.5. The highest BCUT2D eigenvalue weighted by atomic mass is 16.6. The number of ether oxygens (including phenoxy) is 1. The van der Waals surface area contributed by atoms with Gasteiger partial charge in [-0.3, -0.25) is 4.40 Å². The molecule has 0 saturated heterocycles. The third-order valence-corrected chi connectivity index (χ3v) is 5.69. The van der Waals surface area contributed by atoms with Crippen molar-refractivity contribution in [3.8, 4) is 22.4 Å². The molecular weight excluding hydrogens is 438 g/mol. The normalized spacial score (nSPS) is 11.7. The minimum atomic E-state index is -0.528. The van der Waals surface area contributed by atoms with Crippen LogP contribution >= 0.6 is 0 Å². The van der Waals surface area contributed by atoms with Crippen molar-refractivity contribution in [3.63, 3.8) is 0 Å². The Morgan fingerprint density at radius 1 is 0.971 bits per heavy atom. The lowest BCUT2D eigenvalue weighted by Crippen LogP contribution is -2.32. The van der Waals surface area contributed by atoms with Gasteiger partial charge in [-0.25, -0.2) is 9.78 Å². The van der Waals surface area contributed by atoms with E-state index in [0.29, 0.717) is 6.54 Å². The van der Waals surface area contributed by atoms with Crippen LogP contribution in [-0.2, 0) is 11.3 Å². The second-order valence-electron chi connectivity index (χ2n) is 9.49. The van der Waals surface area contributed by atoms with E-state index in [-0.39, 0.29) is 0 Å². The van der Waals surface area contributed by atoms with Crippen LogP contribution in [0.5, 0.6) is 0 Å². The van der Waals surface area contributed by atoms with Gasteiger partial charge in [0.05, 0.1) is 11.2 Å². The number of amides is 1. The summed E-state index contributed by atoms with van der Waals surface area (Å²) in [6, 6.07) is 22.4. The highest BCUT2D eigenvalue weighted by molar-refractivity contribution is 5.98. The number of hydrogen-bond acceptors (Lipinski definition) is 5. The maximum Gasteiger partial charge on any atom is 0.407 e. The smallest absolute Gasteiger partial charge is 0.407 e. The zero-order valence-electron chi connectivity index (χ0n) is 20.2. The van der Waals surface area contributed by atoms with E-state index in [1.165, 1.54) is 0 Å². The fraction of sp³-hybridized carbons (Fsp3) is 0.214. The molecule has 3 heterocycles. The summed E-state index contributed by atoms with van der Waals surface area (Å²) in [6.45, 7) is 7.85. The lowest BCUT2D eigenvalue weighted by atomic mass is 9.97. The third-order valence-electron chi connectivity index (χ3n) is 5.69. The molecule has 0 fully saturated rings. The predicted molar refractivity (Wildman–Crippen MR) is 137 cm³/mol. The van der Waals surface area contributed by atoms with Gasteiger partial charge in [-0.2, -0.15) is 0 Å². The van der Waals surface area contributed by atoms with Crippen molar-refractivity contribution in [2.75, 3.05) is 0 Å². The fourth-order valence-corrected chi connectivity index (χ4v) is 4.04. The van der Waals surface area contributed by atoms with Gasteiger partial charge in [0.1, 0.15) is 11.4 Å². The van der Waals surface area contributed by atoms with Crippen LogP contribution in [0.2, 0.25) is 0 Å². The summed E-state index contributed by atoms with van der Waals surface area (Å²) in [5, 5.41) is 12.4. The molecule has 0 radical (unpaired) electrons. The Labute approximate surface area is 203 Å². The molecule has 0 saturated carbocycles. The molecule has 7 heteroatoms. The molecule has 1 amide bonds. The molecule has 3 aromatic heterocycles. The van der Waals surface area contributed by atoms with E-state index in [9.17, 15) is 4.79 Å². The third kappa shape index (κ3) is 4.71. The second-order valence-corrected chi connectivity index (χ2v) is 9.49. The number of carbonyl (C=O) groups is 1. The van der Waals surface area contributed by atoms with E-state index in [4.69, 9.17) is 9.72 Å². The van der Waals surface area contributed by atoms with Crippen molar-refractivity contribution < 1.29 is 9.53 Å². The molecule has 0 unspecified atom stereocenters. The summed E-state index contributed by atoms with van der Waals surface area (Å²) >= 11 is 0. The number of nitrogens with zero attached hydrogens (tertiary/aromatic N) is 4. The molecule has 0 aliphatic rings. The fourth-order valence-electron chi connectivity index (χ4n) is 4.04. The Bertz CT molecular complexity index is 1520. The van der Waals surface area contributed by atoms with Crippen LogP contribution in [0, 0.1) is 6.92 Å². The highest BCUT2D eigenvalue weighted by Gasteiger charge is 2.17. The van der Waals surface area contributed by atoms with Crippen LogP contribution in [0.4, 0.5) is 4.79 Å². The molecule has 0 spiro atoms. The number of carbonyl (C=O) groups excluding carboxylic acids is 1. The van der Waals surface area contributed by atoms with Gasteiger partial charge in [0.15, 0.2) is 5.65 Å². The Hall–Kier alpha value is -4.26. The molecular formula is C28H27N5O2. The van der Waals surface area contributed by atoms with Crippen molar-refractivity contribution in [1.29, 1.82) is 0 Å². The minimum Gasteiger partial charge on any atom is -0.444 e. The largest absolute Gasteiger partial charge is 0.444 e. The lowest BCUT2D eigenvalue weighted by molar-refractivity contribution is 0.0523. The molecule has 176 valence electrons. The Morgan fingerprint density at radius 2 is 1.71 bits per heavy atom. The SMILES string of the molecule is Cc1nnc2c3cc(-c4ccccc4)c(-c4ccc(CNC(=O)OC(C)(C)C)cc4)nc3ccn12. The molecule has 2 aromatic carbocycles. The quantitative estimate of drug-likeness (QED) is 0.355. The molecule has 7 nitrogen and oxygen atoms in total. The minimum absolute atomic E-state index is 0.385. The van der Waals surface area contributed by atoms with Gasteiger partial charge in [0, 0.05) is 29.3 Å². The number of aryl methyl sites for hydroxylation is 1. The number of rotatable bonds is 4. The molecule has 0 bridgehead atoms. The van der Waals surface area contributed by atoms with Gasteiger partial charge in [0.25, 0.3) is 0 Å². The zero-order chi connectivity index (χ0) is 24.6. The topological polar surface area (TPSA) is 81.4 Å². The summed E-state index contributed by atoms with van der Waals surface area (Å²) in [6.07, 6.45) is 1.52. The molecule has 1 N–H and O–H groups in total. The van der Waals surface area contributed by atoms with Crippen molar-refractivity contribution in [3.05, 3.63) is 84.3 Å². The molecule has 35 heavy (non-hydrogen) atoms. The first-order chi connectivity index (χ1) is 16.8. The van der Waals surface area contributed by atoms with Crippen molar-refractivity contribution in [1.82, 2.24) is 24.9 Å². The summed E-state index contributed by atoms with van der Waals surface area (Å²) in [4.78, 5) is 17.0. The van der Waals surface area contributed by atoms with Gasteiger partial charge in [0.2, 0.25) is 0 Å². The summed E-state index contributed by atoms with van der Waals surface area (Å²) < 4.78 is 7.30. The number of fused-ring (bicyclic) bond motifs is 3. The molecule has 5 rings (SSSR count). The van der Waals surface area contributed by atoms with E-state index in [1.54, 1.807) is 0 Å². The van der Waals surface area contributed by atoms with Crippen molar-refractivity contribution >= 4 is 22.6 Å². The first-order valence-electron chi connectivity index (χ1n) is 11.6. The van der Waals surface area contributed by atoms with Crippen LogP contribution in [0.25, 0.3) is 38.9 Å². The van der Waals surface area contributed by atoms with Gasteiger partial charge < -0.3 is 10.1 Å². The second kappa shape index (κ2) is 8.83. The van der Waals surface area contributed by atoms with E-state index < -0.39 is 11.7 Å². The predicted octanol–water partition coefficient (Wildman–Crippen LogP) is 5.94. The maximum atomic E-state index is 12.0. The first-order valence-corrected chi connectivity index (χ1v) is 11.6. The Morgan fingerprint density at radius 3 is 2.43 bits per heavy atom. The zero-order valence-corrected chi connectivity index (χ0v) is 20.2. The van der Waals surface area contributed by atoms with E-state index in [2.05, 4.69) is 33.7 Å². The van der Waals surface area contributed by atoms with Crippen LogP contribution < -0.4 is 5.32 Å². The van der Waals surface area contributed by atoms with Crippen molar-refractivity contribution in [2.24, 2.45) is 0 Å². The van der Waals surface area contributed by atoms with Gasteiger partial charge in [-0.15, -0.1) is 10.2 Å². The number of pyridine rings is 2. The van der Waals surface area contributed by atoms with Gasteiger partial charge in [-0.1, -0.05) is 54.6 Å². The average Bonchev–Trinajstić information content (AvgIpc) is 3.23. The molecule has 0 aliphatic heterocycles. The van der Waals surface area contributed by atoms with Gasteiger partial charge in [-0.05, 0) is 51.0 Å². The highest BCUT2D eigenvalue weighted by Crippen LogP contribution is 2.34. The molecule has 5 aromatic rings. The number of nitrogens with one attached hydrogen (secondary N) is 1. The van der Waals surface area contributed by atoms with E-state index >= 15 is 0 Å². The van der Waals surface area contributed by atoms with E-state index in [1.807, 2.05) is 86.8 Å². The van der Waals surface area contributed by atoms with E-state index in [0.717, 1.165) is 50.3 Å². The number of alkyl carbamates (subject to hydrolysis) is 1. The monoisotopic (exact) mass is 465 g/mol. The van der Waals surface area contributed by atoms with Crippen LogP contribution in [0.15, 0.2) is 72.9 Å². The van der Waals surface area contributed by atoms with Crippen molar-refractivity contribution in [2.45, 2.75) is 39.8 Å². The average molecular weight is 466 g/mol. The van der Waals surface area contributed by atoms with Crippen LogP contribution in [-0.4, -0.2) is 31.3 Å². The summed E-state index contributed by atoms with van der Waals surface area (Å²) in [7, 11) is 0. The van der Waals surface area contributed by atoms with Crippen LogP contribution in [0.1, 0.15) is 32.2 Å². The number of benzene rings is 2. The van der Waals surface area contributed by atoms with Crippen LogP contribution in [0.3, 0.4) is 0 Å². The molecule has 0 aliphatic carbocycles. The standard InChI is InChI=1S/C28H27N5O2/c1-18-31-32-26-23-16-22(20-8-6-5-7-9-20)25(30-24(23)14-15-33(18)26)21-12-10-19(11-13-21)17-29-27(34)35-28(2,3)4/h5-16H,17H2,1-4H3,(H,29,34). The molecule has 0 atom stereocenters. The summed E-state index contributed by atoms with van der Waals surface area (Å²) in [5.74, 6) is 0.836. The summed E-state index contributed by atoms with van der Waals surface area (Å²) in [5.41, 5.74) is 6.06. The Kier molecular flexibility index (Phi) is 5.68. The van der Waals surface area contributed by atoms with Gasteiger partial charge >= 0.3 is 6.09 Å². The maximum absolute atomic E-state index is 12.0. The number of hydrogen-bond donors (Lipinski definition) is 1. The number of aromatic nitrogens is 4. The lowest BCUT2D eigenvalue weighted by Gasteiger charge is -2.19.